The van der Waals surface area contributed by atoms with Crippen molar-refractivity contribution in [2.45, 2.75) is 50.5 Å². The minimum atomic E-state index is -3.52. The van der Waals surface area contributed by atoms with Gasteiger partial charge in [-0.15, -0.1) is 0 Å². The maximum Gasteiger partial charge on any atom is 0.241 e. The van der Waals surface area contributed by atoms with Gasteiger partial charge in [0.1, 0.15) is 5.75 Å². The fourth-order valence-corrected chi connectivity index (χ4v) is 4.36. The molecule has 1 aliphatic rings. The van der Waals surface area contributed by atoms with E-state index < -0.39 is 10.0 Å². The van der Waals surface area contributed by atoms with E-state index in [1.807, 2.05) is 6.92 Å². The minimum absolute atomic E-state index is 0.0461. The second-order valence-corrected chi connectivity index (χ2v) is 7.17. The second kappa shape index (κ2) is 6.33. The van der Waals surface area contributed by atoms with E-state index in [4.69, 9.17) is 16.3 Å². The molecule has 0 spiro atoms. The van der Waals surface area contributed by atoms with Crippen LogP contribution in [0, 0.1) is 6.92 Å². The van der Waals surface area contributed by atoms with E-state index in [9.17, 15) is 8.42 Å². The molecular weight excluding hydrogens is 298 g/mol. The van der Waals surface area contributed by atoms with Gasteiger partial charge in [-0.3, -0.25) is 0 Å². The molecule has 1 saturated carbocycles. The number of sulfonamides is 1. The fraction of sp³-hybridized carbons (Fsp3) is 0.571. The highest BCUT2D eigenvalue weighted by atomic mass is 35.5. The Bertz CT molecular complexity index is 580. The van der Waals surface area contributed by atoms with Crippen LogP contribution in [0.3, 0.4) is 0 Å². The molecule has 1 aromatic carbocycles. The van der Waals surface area contributed by atoms with E-state index in [1.165, 1.54) is 6.07 Å². The van der Waals surface area contributed by atoms with Crippen LogP contribution in [0.15, 0.2) is 17.0 Å². The summed E-state index contributed by atoms with van der Waals surface area (Å²) in [6.07, 6.45) is 3.97. The standard InChI is InChI=1S/C14H20ClNO3S/c1-3-19-13-8-10(2)14(9-12(13)15)20(17,18)16-11-6-4-5-7-11/h8-9,11,16H,3-7H2,1-2H3. The fourth-order valence-electron chi connectivity index (χ4n) is 2.52. The third-order valence-corrected chi connectivity index (χ3v) is 5.45. The van der Waals surface area contributed by atoms with Crippen LogP contribution in [-0.2, 0) is 10.0 Å². The molecule has 112 valence electrons. The number of benzene rings is 1. The first-order valence-electron chi connectivity index (χ1n) is 6.89. The van der Waals surface area contributed by atoms with Crippen LogP contribution in [0.2, 0.25) is 5.02 Å². The van der Waals surface area contributed by atoms with Gasteiger partial charge in [-0.2, -0.15) is 0 Å². The smallest absolute Gasteiger partial charge is 0.241 e. The highest BCUT2D eigenvalue weighted by Gasteiger charge is 2.25. The second-order valence-electron chi connectivity index (χ2n) is 5.08. The molecular formula is C14H20ClNO3S. The maximum atomic E-state index is 12.4. The molecule has 0 atom stereocenters. The Morgan fingerprint density at radius 1 is 1.35 bits per heavy atom. The molecule has 2 rings (SSSR count). The van der Waals surface area contributed by atoms with Gasteiger partial charge in [-0.05, 0) is 44.4 Å². The Labute approximate surface area is 125 Å². The topological polar surface area (TPSA) is 55.4 Å². The molecule has 0 saturated heterocycles. The van der Waals surface area contributed by atoms with E-state index in [1.54, 1.807) is 13.0 Å². The Morgan fingerprint density at radius 3 is 2.60 bits per heavy atom. The molecule has 0 aromatic heterocycles. The molecule has 6 heteroatoms. The summed E-state index contributed by atoms with van der Waals surface area (Å²) in [6, 6.07) is 3.19. The monoisotopic (exact) mass is 317 g/mol. The van der Waals surface area contributed by atoms with Crippen molar-refractivity contribution in [1.29, 1.82) is 0 Å². The zero-order valence-corrected chi connectivity index (χ0v) is 13.4. The Balaban J connectivity index is 2.29. The third kappa shape index (κ3) is 3.45. The Morgan fingerprint density at radius 2 is 2.00 bits per heavy atom. The van der Waals surface area contributed by atoms with Crippen LogP contribution >= 0.6 is 11.6 Å². The summed E-state index contributed by atoms with van der Waals surface area (Å²) in [6.45, 7) is 4.10. The van der Waals surface area contributed by atoms with Crippen molar-refractivity contribution in [3.63, 3.8) is 0 Å². The van der Waals surface area contributed by atoms with Crippen LogP contribution < -0.4 is 9.46 Å². The first-order chi connectivity index (χ1) is 9.44. The van der Waals surface area contributed by atoms with Gasteiger partial charge < -0.3 is 4.74 Å². The summed E-state index contributed by atoms with van der Waals surface area (Å²) in [7, 11) is -3.52. The minimum Gasteiger partial charge on any atom is -0.492 e. The zero-order chi connectivity index (χ0) is 14.8. The summed E-state index contributed by atoms with van der Waals surface area (Å²) >= 11 is 6.09. The quantitative estimate of drug-likeness (QED) is 0.906. The molecule has 1 aromatic rings. The van der Waals surface area contributed by atoms with Gasteiger partial charge in [0.15, 0.2) is 0 Å². The highest BCUT2D eigenvalue weighted by Crippen LogP contribution is 2.31. The highest BCUT2D eigenvalue weighted by molar-refractivity contribution is 7.89. The first-order valence-corrected chi connectivity index (χ1v) is 8.75. The number of aryl methyl sites for hydroxylation is 1. The third-order valence-electron chi connectivity index (χ3n) is 3.50. The van der Waals surface area contributed by atoms with Gasteiger partial charge in [0.2, 0.25) is 10.0 Å². The van der Waals surface area contributed by atoms with Crippen molar-refractivity contribution < 1.29 is 13.2 Å². The lowest BCUT2D eigenvalue weighted by molar-refractivity contribution is 0.340. The molecule has 4 nitrogen and oxygen atoms in total. The number of nitrogens with one attached hydrogen (secondary N) is 1. The van der Waals surface area contributed by atoms with Crippen molar-refractivity contribution in [3.8, 4) is 5.75 Å². The van der Waals surface area contributed by atoms with Gasteiger partial charge in [0.25, 0.3) is 0 Å². The lowest BCUT2D eigenvalue weighted by atomic mass is 10.2. The van der Waals surface area contributed by atoms with Gasteiger partial charge in [-0.1, -0.05) is 24.4 Å². The van der Waals surface area contributed by atoms with Gasteiger partial charge in [0.05, 0.1) is 16.5 Å². The molecule has 0 heterocycles. The molecule has 0 aliphatic heterocycles. The predicted molar refractivity (Wildman–Crippen MR) is 79.9 cm³/mol. The number of hydrogen-bond acceptors (Lipinski definition) is 3. The van der Waals surface area contributed by atoms with Crippen LogP contribution in [0.4, 0.5) is 0 Å². The molecule has 1 aliphatic carbocycles. The molecule has 0 radical (unpaired) electrons. The summed E-state index contributed by atoms with van der Waals surface area (Å²) in [5, 5.41) is 0.323. The lowest BCUT2D eigenvalue weighted by Gasteiger charge is -2.15. The van der Waals surface area contributed by atoms with E-state index >= 15 is 0 Å². The van der Waals surface area contributed by atoms with Gasteiger partial charge in [0, 0.05) is 6.04 Å². The van der Waals surface area contributed by atoms with Gasteiger partial charge >= 0.3 is 0 Å². The van der Waals surface area contributed by atoms with Crippen LogP contribution in [-0.4, -0.2) is 21.1 Å². The molecule has 1 fully saturated rings. The normalized spacial score (nSPS) is 16.6. The molecule has 0 amide bonds. The largest absolute Gasteiger partial charge is 0.492 e. The summed E-state index contributed by atoms with van der Waals surface area (Å²) in [4.78, 5) is 0.234. The Kier molecular flexibility index (Phi) is 4.94. The number of ether oxygens (including phenoxy) is 1. The number of halogens is 1. The summed E-state index contributed by atoms with van der Waals surface area (Å²) < 4.78 is 33.0. The van der Waals surface area contributed by atoms with Crippen LogP contribution in [0.25, 0.3) is 0 Å². The van der Waals surface area contributed by atoms with E-state index in [2.05, 4.69) is 4.72 Å². The Hall–Kier alpha value is -0.780. The van der Waals surface area contributed by atoms with Crippen molar-refractivity contribution in [2.75, 3.05) is 6.61 Å². The van der Waals surface area contributed by atoms with E-state index in [0.717, 1.165) is 25.7 Å². The van der Waals surface area contributed by atoms with Crippen LogP contribution in [0.1, 0.15) is 38.2 Å². The predicted octanol–water partition coefficient (Wildman–Crippen LogP) is 3.27. The van der Waals surface area contributed by atoms with Crippen LogP contribution in [0.5, 0.6) is 5.75 Å². The van der Waals surface area contributed by atoms with Crippen molar-refractivity contribution in [2.24, 2.45) is 0 Å². The van der Waals surface area contributed by atoms with Crippen molar-refractivity contribution in [1.82, 2.24) is 4.72 Å². The van der Waals surface area contributed by atoms with E-state index in [-0.39, 0.29) is 10.9 Å². The summed E-state index contributed by atoms with van der Waals surface area (Å²) in [5.74, 6) is 0.520. The zero-order valence-electron chi connectivity index (χ0n) is 11.8. The average molecular weight is 318 g/mol. The number of rotatable bonds is 5. The SMILES string of the molecule is CCOc1cc(C)c(S(=O)(=O)NC2CCCC2)cc1Cl. The van der Waals surface area contributed by atoms with Gasteiger partial charge in [-0.25, -0.2) is 13.1 Å². The molecule has 0 bridgehead atoms. The first kappa shape index (κ1) is 15.6. The maximum absolute atomic E-state index is 12.4. The number of hydrogen-bond donors (Lipinski definition) is 1. The van der Waals surface area contributed by atoms with Crippen molar-refractivity contribution in [3.05, 3.63) is 22.7 Å². The summed E-state index contributed by atoms with van der Waals surface area (Å²) in [5.41, 5.74) is 0.642. The molecule has 0 unspecified atom stereocenters. The lowest BCUT2D eigenvalue weighted by Crippen LogP contribution is -2.33. The van der Waals surface area contributed by atoms with E-state index in [0.29, 0.717) is 22.9 Å². The molecule has 20 heavy (non-hydrogen) atoms. The molecule has 1 N–H and O–H groups in total. The average Bonchev–Trinajstić information content (AvgIpc) is 2.85. The van der Waals surface area contributed by atoms with Crippen molar-refractivity contribution >= 4 is 21.6 Å².